The summed E-state index contributed by atoms with van der Waals surface area (Å²) in [4.78, 5) is 8.71. The van der Waals surface area contributed by atoms with Gasteiger partial charge in [-0.3, -0.25) is 9.97 Å². The molecular weight excluding hydrogens is 222 g/mol. The first kappa shape index (κ1) is 10.7. The van der Waals surface area contributed by atoms with Crippen molar-refractivity contribution >= 4 is 16.6 Å². The molecule has 18 heavy (non-hydrogen) atoms. The van der Waals surface area contributed by atoms with Crippen LogP contribution in [0.2, 0.25) is 0 Å². The summed E-state index contributed by atoms with van der Waals surface area (Å²) in [6.45, 7) is 1.99. The maximum absolute atomic E-state index is 6.08. The van der Waals surface area contributed by atoms with E-state index < -0.39 is 0 Å². The van der Waals surface area contributed by atoms with E-state index in [1.807, 2.05) is 43.3 Å². The Morgan fingerprint density at radius 3 is 2.78 bits per heavy atom. The molecule has 2 N–H and O–H groups in total. The second-order valence-electron chi connectivity index (χ2n) is 4.30. The minimum Gasteiger partial charge on any atom is -0.397 e. The molecule has 0 atom stereocenters. The Balaban J connectivity index is 2.22. The highest BCUT2D eigenvalue weighted by atomic mass is 14.7. The number of rotatable bonds is 1. The maximum Gasteiger partial charge on any atom is 0.0934 e. The average Bonchev–Trinajstić information content (AvgIpc) is 2.41. The van der Waals surface area contributed by atoms with Crippen LogP contribution in [0.25, 0.3) is 22.2 Å². The smallest absolute Gasteiger partial charge is 0.0934 e. The second-order valence-corrected chi connectivity index (χ2v) is 4.30. The Hall–Kier alpha value is -2.42. The molecule has 0 amide bonds. The zero-order valence-electron chi connectivity index (χ0n) is 10.1. The van der Waals surface area contributed by atoms with E-state index in [1.165, 1.54) is 0 Å². The lowest BCUT2D eigenvalue weighted by Gasteiger charge is -2.07. The van der Waals surface area contributed by atoms with Crippen LogP contribution in [0, 0.1) is 6.92 Å². The van der Waals surface area contributed by atoms with Crippen LogP contribution < -0.4 is 5.73 Å². The van der Waals surface area contributed by atoms with Crippen LogP contribution >= 0.6 is 0 Å². The number of nitrogen functional groups attached to an aromatic ring is 1. The summed E-state index contributed by atoms with van der Waals surface area (Å²) in [5.41, 5.74) is 10.6. The number of nitrogens with two attached hydrogens (primary N) is 1. The standard InChI is InChI=1S/C15H13N3/c1-10-6-8-18-15(14(10)16)12-5-4-11-3-2-7-17-13(11)9-12/h2-9H,16H2,1H3. The molecule has 0 saturated carbocycles. The molecule has 0 fully saturated rings. The number of anilines is 1. The van der Waals surface area contributed by atoms with Crippen molar-refractivity contribution < 1.29 is 0 Å². The second kappa shape index (κ2) is 4.11. The number of nitrogens with zero attached hydrogens (tertiary/aromatic N) is 2. The minimum atomic E-state index is 0.729. The summed E-state index contributed by atoms with van der Waals surface area (Å²) in [7, 11) is 0. The van der Waals surface area contributed by atoms with E-state index in [0.717, 1.165) is 33.4 Å². The van der Waals surface area contributed by atoms with Crippen molar-refractivity contribution in [1.29, 1.82) is 0 Å². The van der Waals surface area contributed by atoms with Crippen LogP contribution in [-0.4, -0.2) is 9.97 Å². The lowest BCUT2D eigenvalue weighted by atomic mass is 10.1. The Morgan fingerprint density at radius 1 is 1.00 bits per heavy atom. The topological polar surface area (TPSA) is 51.8 Å². The molecule has 2 heterocycles. The van der Waals surface area contributed by atoms with Gasteiger partial charge >= 0.3 is 0 Å². The first-order valence-electron chi connectivity index (χ1n) is 5.82. The first-order chi connectivity index (χ1) is 8.75. The van der Waals surface area contributed by atoms with Gasteiger partial charge in [0.05, 0.1) is 16.9 Å². The number of hydrogen-bond donors (Lipinski definition) is 1. The number of pyridine rings is 2. The van der Waals surface area contributed by atoms with Crippen LogP contribution in [-0.2, 0) is 0 Å². The Labute approximate surface area is 105 Å². The van der Waals surface area contributed by atoms with Gasteiger partial charge in [-0.15, -0.1) is 0 Å². The van der Waals surface area contributed by atoms with E-state index in [-0.39, 0.29) is 0 Å². The van der Waals surface area contributed by atoms with Gasteiger partial charge < -0.3 is 5.73 Å². The van der Waals surface area contributed by atoms with Crippen molar-refractivity contribution in [1.82, 2.24) is 9.97 Å². The molecule has 0 aliphatic heterocycles. The Bertz CT molecular complexity index is 720. The molecule has 3 aromatic rings. The van der Waals surface area contributed by atoms with E-state index >= 15 is 0 Å². The number of benzene rings is 1. The van der Waals surface area contributed by atoms with Crippen LogP contribution in [0.1, 0.15) is 5.56 Å². The molecule has 3 rings (SSSR count). The predicted molar refractivity (Wildman–Crippen MR) is 74.1 cm³/mol. The van der Waals surface area contributed by atoms with Gasteiger partial charge in [0.25, 0.3) is 0 Å². The van der Waals surface area contributed by atoms with Crippen LogP contribution in [0.15, 0.2) is 48.8 Å². The van der Waals surface area contributed by atoms with Crippen molar-refractivity contribution in [2.24, 2.45) is 0 Å². The van der Waals surface area contributed by atoms with Gasteiger partial charge in [-0.25, -0.2) is 0 Å². The van der Waals surface area contributed by atoms with Crippen LogP contribution in [0.4, 0.5) is 5.69 Å². The fourth-order valence-corrected chi connectivity index (χ4v) is 2.01. The summed E-state index contributed by atoms with van der Waals surface area (Å²) < 4.78 is 0. The molecule has 3 nitrogen and oxygen atoms in total. The SMILES string of the molecule is Cc1ccnc(-c2ccc3cccnc3c2)c1N. The van der Waals surface area contributed by atoms with Gasteiger partial charge in [0.1, 0.15) is 0 Å². The van der Waals surface area contributed by atoms with E-state index in [4.69, 9.17) is 5.73 Å². The molecule has 0 aliphatic rings. The highest BCUT2D eigenvalue weighted by Crippen LogP contribution is 2.27. The largest absolute Gasteiger partial charge is 0.397 e. The highest BCUT2D eigenvalue weighted by molar-refractivity contribution is 5.86. The van der Waals surface area contributed by atoms with Gasteiger partial charge in [-0.1, -0.05) is 18.2 Å². The summed E-state index contributed by atoms with van der Waals surface area (Å²) in [5.74, 6) is 0. The molecule has 0 saturated heterocycles. The Morgan fingerprint density at radius 2 is 1.89 bits per heavy atom. The van der Waals surface area contributed by atoms with Crippen molar-refractivity contribution in [3.05, 3.63) is 54.4 Å². The predicted octanol–water partition coefficient (Wildman–Crippen LogP) is 3.19. The molecule has 1 aromatic carbocycles. The fourth-order valence-electron chi connectivity index (χ4n) is 2.01. The average molecular weight is 235 g/mol. The fraction of sp³-hybridized carbons (Fsp3) is 0.0667. The van der Waals surface area contributed by atoms with Gasteiger partial charge in [0.2, 0.25) is 0 Å². The highest BCUT2D eigenvalue weighted by Gasteiger charge is 2.07. The Kier molecular flexibility index (Phi) is 2.45. The third-order valence-electron chi connectivity index (χ3n) is 3.09. The van der Waals surface area contributed by atoms with Gasteiger partial charge in [0, 0.05) is 23.3 Å². The molecule has 2 aromatic heterocycles. The van der Waals surface area contributed by atoms with Crippen molar-refractivity contribution in [3.8, 4) is 11.3 Å². The quantitative estimate of drug-likeness (QED) is 0.704. The van der Waals surface area contributed by atoms with Crippen molar-refractivity contribution in [2.75, 3.05) is 5.73 Å². The van der Waals surface area contributed by atoms with E-state index in [2.05, 4.69) is 9.97 Å². The summed E-state index contributed by atoms with van der Waals surface area (Å²) in [5, 5.41) is 1.12. The molecule has 88 valence electrons. The molecule has 0 spiro atoms. The van der Waals surface area contributed by atoms with Crippen molar-refractivity contribution in [2.45, 2.75) is 6.92 Å². The monoisotopic (exact) mass is 235 g/mol. The summed E-state index contributed by atoms with van der Waals surface area (Å²) in [6.07, 6.45) is 3.57. The van der Waals surface area contributed by atoms with Gasteiger partial charge in [-0.05, 0) is 30.7 Å². The van der Waals surface area contributed by atoms with Gasteiger partial charge in [-0.2, -0.15) is 0 Å². The molecule has 0 unspecified atom stereocenters. The summed E-state index contributed by atoms with van der Waals surface area (Å²) >= 11 is 0. The molecule has 0 bridgehead atoms. The van der Waals surface area contributed by atoms with Crippen LogP contribution in [0.5, 0.6) is 0 Å². The zero-order valence-corrected chi connectivity index (χ0v) is 10.1. The molecule has 0 aliphatic carbocycles. The maximum atomic E-state index is 6.08. The molecular formula is C15H13N3. The lowest BCUT2D eigenvalue weighted by molar-refractivity contribution is 1.29. The summed E-state index contributed by atoms with van der Waals surface area (Å²) in [6, 6.07) is 12.0. The van der Waals surface area contributed by atoms with E-state index in [1.54, 1.807) is 12.4 Å². The minimum absolute atomic E-state index is 0.729. The third-order valence-corrected chi connectivity index (χ3v) is 3.09. The lowest BCUT2D eigenvalue weighted by Crippen LogP contribution is -1.96. The molecule has 0 radical (unpaired) electrons. The number of aromatic nitrogens is 2. The first-order valence-corrected chi connectivity index (χ1v) is 5.82. The van der Waals surface area contributed by atoms with Crippen LogP contribution in [0.3, 0.4) is 0 Å². The number of hydrogen-bond acceptors (Lipinski definition) is 3. The van der Waals surface area contributed by atoms with E-state index in [0.29, 0.717) is 0 Å². The van der Waals surface area contributed by atoms with E-state index in [9.17, 15) is 0 Å². The third kappa shape index (κ3) is 1.70. The number of fused-ring (bicyclic) bond motifs is 1. The number of aryl methyl sites for hydroxylation is 1. The van der Waals surface area contributed by atoms with Crippen molar-refractivity contribution in [3.63, 3.8) is 0 Å². The molecule has 3 heteroatoms. The zero-order chi connectivity index (χ0) is 12.5. The normalized spacial score (nSPS) is 10.7. The van der Waals surface area contributed by atoms with Gasteiger partial charge in [0.15, 0.2) is 0 Å².